The van der Waals surface area contributed by atoms with Crippen LogP contribution in [0.15, 0.2) is 18.2 Å². The van der Waals surface area contributed by atoms with Crippen LogP contribution < -0.4 is 4.74 Å². The Labute approximate surface area is 73.9 Å². The minimum absolute atomic E-state index is 0.260. The predicted octanol–water partition coefficient (Wildman–Crippen LogP) is 2.78. The molecule has 1 rings (SSSR count). The lowest BCUT2D eigenvalue weighted by molar-refractivity contribution is 0.0819. The SMILES string of the molecule is FC(F)COc1cc[c]cc1Cl. The van der Waals surface area contributed by atoms with E-state index in [1.165, 1.54) is 12.1 Å². The Morgan fingerprint density at radius 3 is 2.92 bits per heavy atom. The maximum absolute atomic E-state index is 11.7. The summed E-state index contributed by atoms with van der Waals surface area (Å²) in [6.45, 7) is -0.635. The fourth-order valence-corrected chi connectivity index (χ4v) is 0.846. The average molecular weight is 192 g/mol. The van der Waals surface area contributed by atoms with Gasteiger partial charge in [-0.1, -0.05) is 17.7 Å². The Morgan fingerprint density at radius 2 is 2.33 bits per heavy atom. The zero-order chi connectivity index (χ0) is 8.97. The van der Waals surface area contributed by atoms with Gasteiger partial charge in [-0.15, -0.1) is 0 Å². The van der Waals surface area contributed by atoms with Crippen molar-refractivity contribution in [1.82, 2.24) is 0 Å². The summed E-state index contributed by atoms with van der Waals surface area (Å²) in [4.78, 5) is 0. The molecule has 0 aliphatic heterocycles. The molecule has 65 valence electrons. The summed E-state index contributed by atoms with van der Waals surface area (Å²) in [6, 6.07) is 7.19. The first kappa shape index (κ1) is 9.26. The highest BCUT2D eigenvalue weighted by Gasteiger charge is 2.05. The van der Waals surface area contributed by atoms with E-state index in [-0.39, 0.29) is 10.8 Å². The molecule has 0 aliphatic carbocycles. The van der Waals surface area contributed by atoms with Crippen LogP contribution in [0.2, 0.25) is 5.02 Å². The number of rotatable bonds is 3. The summed E-state index contributed by atoms with van der Waals surface area (Å²) in [5, 5.41) is 0.290. The molecule has 0 atom stereocenters. The van der Waals surface area contributed by atoms with Gasteiger partial charge in [0, 0.05) is 0 Å². The van der Waals surface area contributed by atoms with E-state index < -0.39 is 13.0 Å². The van der Waals surface area contributed by atoms with E-state index >= 15 is 0 Å². The second-order valence-electron chi connectivity index (χ2n) is 2.06. The van der Waals surface area contributed by atoms with Crippen LogP contribution in [0, 0.1) is 6.07 Å². The second-order valence-corrected chi connectivity index (χ2v) is 2.47. The van der Waals surface area contributed by atoms with Crippen molar-refractivity contribution < 1.29 is 13.5 Å². The first-order valence-electron chi connectivity index (χ1n) is 3.26. The van der Waals surface area contributed by atoms with E-state index in [2.05, 4.69) is 6.07 Å². The first-order valence-corrected chi connectivity index (χ1v) is 3.64. The Hall–Kier alpha value is -0.830. The second kappa shape index (κ2) is 4.26. The first-order chi connectivity index (χ1) is 5.70. The van der Waals surface area contributed by atoms with Crippen LogP contribution in [0.1, 0.15) is 0 Å². The van der Waals surface area contributed by atoms with Crippen LogP contribution in [-0.4, -0.2) is 13.0 Å². The Kier molecular flexibility index (Phi) is 3.29. The lowest BCUT2D eigenvalue weighted by Crippen LogP contribution is -2.06. The van der Waals surface area contributed by atoms with Gasteiger partial charge in [0.05, 0.1) is 5.02 Å². The van der Waals surface area contributed by atoms with Crippen LogP contribution in [0.5, 0.6) is 5.75 Å². The normalized spacial score (nSPS) is 10.3. The van der Waals surface area contributed by atoms with Gasteiger partial charge in [0.15, 0.2) is 0 Å². The van der Waals surface area contributed by atoms with Crippen molar-refractivity contribution in [3.05, 3.63) is 29.3 Å². The predicted molar refractivity (Wildman–Crippen MR) is 41.8 cm³/mol. The number of alkyl halides is 2. The van der Waals surface area contributed by atoms with Crippen molar-refractivity contribution in [1.29, 1.82) is 0 Å². The summed E-state index contributed by atoms with van der Waals surface area (Å²) >= 11 is 5.61. The molecule has 0 saturated heterocycles. The van der Waals surface area contributed by atoms with Crippen LogP contribution in [0.25, 0.3) is 0 Å². The minimum Gasteiger partial charge on any atom is -0.486 e. The molecule has 0 N–H and O–H groups in total. The van der Waals surface area contributed by atoms with Gasteiger partial charge in [-0.2, -0.15) is 0 Å². The third-order valence-corrected chi connectivity index (χ3v) is 1.44. The molecule has 1 aromatic rings. The number of ether oxygens (including phenoxy) is 1. The zero-order valence-electron chi connectivity index (χ0n) is 6.06. The van der Waals surface area contributed by atoms with Crippen LogP contribution in [0.4, 0.5) is 8.78 Å². The van der Waals surface area contributed by atoms with Gasteiger partial charge in [-0.05, 0) is 18.2 Å². The van der Waals surface area contributed by atoms with E-state index in [9.17, 15) is 8.78 Å². The topological polar surface area (TPSA) is 9.23 Å². The lowest BCUT2D eigenvalue weighted by Gasteiger charge is -2.05. The van der Waals surface area contributed by atoms with Gasteiger partial charge in [-0.25, -0.2) is 8.78 Å². The van der Waals surface area contributed by atoms with Crippen molar-refractivity contribution in [2.24, 2.45) is 0 Å². The molecule has 0 aliphatic rings. The zero-order valence-corrected chi connectivity index (χ0v) is 6.81. The molecule has 1 nitrogen and oxygen atoms in total. The van der Waals surface area contributed by atoms with Gasteiger partial charge in [0.25, 0.3) is 6.43 Å². The number of benzene rings is 1. The van der Waals surface area contributed by atoms with Gasteiger partial charge in [0.2, 0.25) is 0 Å². The molecule has 1 radical (unpaired) electrons. The van der Waals surface area contributed by atoms with E-state index in [0.717, 1.165) is 0 Å². The monoisotopic (exact) mass is 191 g/mol. The molecule has 0 amide bonds. The van der Waals surface area contributed by atoms with Gasteiger partial charge in [-0.3, -0.25) is 0 Å². The van der Waals surface area contributed by atoms with E-state index in [4.69, 9.17) is 16.3 Å². The van der Waals surface area contributed by atoms with Crippen molar-refractivity contribution in [2.45, 2.75) is 6.43 Å². The molecule has 1 aromatic carbocycles. The van der Waals surface area contributed by atoms with E-state index in [0.29, 0.717) is 0 Å². The number of halogens is 3. The fourth-order valence-electron chi connectivity index (χ4n) is 0.666. The van der Waals surface area contributed by atoms with E-state index in [1.807, 2.05) is 0 Å². The lowest BCUT2D eigenvalue weighted by atomic mass is 10.3. The Balaban J connectivity index is 2.57. The molecule has 4 heteroatoms. The van der Waals surface area contributed by atoms with Crippen molar-refractivity contribution in [3.8, 4) is 5.75 Å². The molecule has 0 bridgehead atoms. The van der Waals surface area contributed by atoms with E-state index in [1.54, 1.807) is 6.07 Å². The highest BCUT2D eigenvalue weighted by molar-refractivity contribution is 6.32. The molecule has 0 aromatic heterocycles. The van der Waals surface area contributed by atoms with Crippen LogP contribution in [0.3, 0.4) is 0 Å². The van der Waals surface area contributed by atoms with Crippen LogP contribution >= 0.6 is 11.6 Å². The summed E-state index contributed by atoms with van der Waals surface area (Å²) < 4.78 is 28.0. The number of hydrogen-bond donors (Lipinski definition) is 0. The summed E-state index contributed by atoms with van der Waals surface area (Å²) in [5.41, 5.74) is 0. The quantitative estimate of drug-likeness (QED) is 0.714. The standard InChI is InChI=1S/C8H6ClF2O/c9-6-3-1-2-4-7(6)12-5-8(10)11/h2-4,8H,5H2. The number of hydrogen-bond acceptors (Lipinski definition) is 1. The van der Waals surface area contributed by atoms with Crippen molar-refractivity contribution >= 4 is 11.6 Å². The van der Waals surface area contributed by atoms with Crippen molar-refractivity contribution in [2.75, 3.05) is 6.61 Å². The third-order valence-electron chi connectivity index (χ3n) is 1.14. The molecular formula is C8H6ClF2O. The Bertz CT molecular complexity index is 253. The minimum atomic E-state index is -2.48. The van der Waals surface area contributed by atoms with Crippen molar-refractivity contribution in [3.63, 3.8) is 0 Å². The largest absolute Gasteiger partial charge is 0.486 e. The highest BCUT2D eigenvalue weighted by Crippen LogP contribution is 2.22. The molecule has 12 heavy (non-hydrogen) atoms. The van der Waals surface area contributed by atoms with Gasteiger partial charge in [0.1, 0.15) is 12.4 Å². The highest BCUT2D eigenvalue weighted by atomic mass is 35.5. The molecule has 0 unspecified atom stereocenters. The maximum atomic E-state index is 11.7. The van der Waals surface area contributed by atoms with Gasteiger partial charge >= 0.3 is 0 Å². The maximum Gasteiger partial charge on any atom is 0.272 e. The molecule has 0 fully saturated rings. The smallest absolute Gasteiger partial charge is 0.272 e. The molecule has 0 heterocycles. The van der Waals surface area contributed by atoms with Gasteiger partial charge < -0.3 is 4.74 Å². The summed E-state index contributed by atoms with van der Waals surface area (Å²) in [5.74, 6) is 0.260. The molecular weight excluding hydrogens is 186 g/mol. The third kappa shape index (κ3) is 2.66. The average Bonchev–Trinajstić information content (AvgIpc) is 2.03. The fraction of sp³-hybridized carbons (Fsp3) is 0.250. The summed E-state index contributed by atoms with van der Waals surface area (Å²) in [6.07, 6.45) is -2.48. The Morgan fingerprint density at radius 1 is 1.58 bits per heavy atom. The summed E-state index contributed by atoms with van der Waals surface area (Å²) in [7, 11) is 0. The molecule has 0 saturated carbocycles. The van der Waals surface area contributed by atoms with Crippen LogP contribution in [-0.2, 0) is 0 Å². The molecule has 0 spiro atoms.